The van der Waals surface area contributed by atoms with Crippen LogP contribution >= 0.6 is 0 Å². The number of ketones is 1. The predicted octanol–water partition coefficient (Wildman–Crippen LogP) is 1.33. The van der Waals surface area contributed by atoms with Crippen molar-refractivity contribution in [1.82, 2.24) is 30.8 Å². The fourth-order valence-corrected chi connectivity index (χ4v) is 2.61. The van der Waals surface area contributed by atoms with Crippen molar-refractivity contribution in [3.05, 3.63) is 23.8 Å². The molecular formula is C13H20N6O. The van der Waals surface area contributed by atoms with Crippen molar-refractivity contribution in [2.75, 3.05) is 0 Å². The summed E-state index contributed by atoms with van der Waals surface area (Å²) in [6.07, 6.45) is 4.56. The summed E-state index contributed by atoms with van der Waals surface area (Å²) in [5, 5.41) is 20.6. The first-order chi connectivity index (χ1) is 9.31. The third kappa shape index (κ3) is 3.09. The Bertz CT molecular complexity index is 505. The van der Waals surface area contributed by atoms with Gasteiger partial charge < -0.3 is 0 Å². The van der Waals surface area contributed by atoms with Crippen LogP contribution in [0.5, 0.6) is 0 Å². The van der Waals surface area contributed by atoms with Crippen LogP contribution in [0.25, 0.3) is 0 Å². The Labute approximate surface area is 117 Å². The molecule has 0 aliphatic heterocycles. The second-order valence-corrected chi connectivity index (χ2v) is 6.38. The molecule has 2 heterocycles. The van der Waals surface area contributed by atoms with E-state index in [0.29, 0.717) is 12.8 Å². The summed E-state index contributed by atoms with van der Waals surface area (Å²) in [5.74, 6) is 0.177. The molecule has 0 spiro atoms. The average Bonchev–Trinajstić information content (AvgIpc) is 3.00. The van der Waals surface area contributed by atoms with Crippen LogP contribution < -0.4 is 0 Å². The highest BCUT2D eigenvalue weighted by Gasteiger charge is 2.39. The van der Waals surface area contributed by atoms with Gasteiger partial charge in [-0.3, -0.25) is 15.0 Å². The monoisotopic (exact) mass is 276 g/mol. The molecule has 0 radical (unpaired) electrons. The number of hydrogen-bond donors (Lipinski definition) is 2. The first-order valence-corrected chi connectivity index (χ1v) is 6.57. The van der Waals surface area contributed by atoms with Crippen LogP contribution in [0.4, 0.5) is 0 Å². The maximum absolute atomic E-state index is 12.8. The highest BCUT2D eigenvalue weighted by molar-refractivity contribution is 5.89. The Morgan fingerprint density at radius 3 is 1.65 bits per heavy atom. The summed E-state index contributed by atoms with van der Waals surface area (Å²) in [6.45, 7) is 7.76. The largest absolute Gasteiger partial charge is 0.298 e. The zero-order valence-electron chi connectivity index (χ0n) is 12.3. The van der Waals surface area contributed by atoms with Crippen LogP contribution in [0.2, 0.25) is 0 Å². The number of nitrogens with zero attached hydrogens (tertiary/aromatic N) is 4. The van der Waals surface area contributed by atoms with E-state index in [1.54, 1.807) is 12.4 Å². The molecule has 0 fully saturated rings. The topological polar surface area (TPSA) is 100 Å². The second kappa shape index (κ2) is 5.15. The molecule has 2 aromatic rings. The fraction of sp³-hybridized carbons (Fsp3) is 0.615. The van der Waals surface area contributed by atoms with Crippen molar-refractivity contribution in [2.45, 2.75) is 40.5 Å². The average molecular weight is 276 g/mol. The summed E-state index contributed by atoms with van der Waals surface area (Å²) >= 11 is 0. The van der Waals surface area contributed by atoms with Gasteiger partial charge in [0.15, 0.2) is 0 Å². The van der Waals surface area contributed by atoms with E-state index in [4.69, 9.17) is 0 Å². The van der Waals surface area contributed by atoms with Crippen LogP contribution in [-0.4, -0.2) is 36.6 Å². The quantitative estimate of drug-likeness (QED) is 0.829. The first-order valence-electron chi connectivity index (χ1n) is 6.57. The third-order valence-corrected chi connectivity index (χ3v) is 3.41. The predicted molar refractivity (Wildman–Crippen MR) is 72.7 cm³/mol. The molecule has 0 amide bonds. The first kappa shape index (κ1) is 14.4. The van der Waals surface area contributed by atoms with Gasteiger partial charge in [-0.25, -0.2) is 0 Å². The van der Waals surface area contributed by atoms with E-state index in [1.165, 1.54) is 0 Å². The minimum Gasteiger partial charge on any atom is -0.298 e. The van der Waals surface area contributed by atoms with Crippen molar-refractivity contribution in [3.63, 3.8) is 0 Å². The molecule has 20 heavy (non-hydrogen) atoms. The number of H-pyrrole nitrogens is 2. The van der Waals surface area contributed by atoms with Crippen molar-refractivity contribution in [2.24, 2.45) is 10.8 Å². The van der Waals surface area contributed by atoms with Crippen LogP contribution in [0.1, 0.15) is 39.1 Å². The van der Waals surface area contributed by atoms with Gasteiger partial charge in [0.1, 0.15) is 5.78 Å². The van der Waals surface area contributed by atoms with Gasteiger partial charge in [0.25, 0.3) is 0 Å². The lowest BCUT2D eigenvalue weighted by Gasteiger charge is -2.32. The highest BCUT2D eigenvalue weighted by atomic mass is 16.1. The van der Waals surface area contributed by atoms with Crippen LogP contribution in [0.3, 0.4) is 0 Å². The second-order valence-electron chi connectivity index (χ2n) is 6.38. The minimum atomic E-state index is -0.510. The smallest absolute Gasteiger partial charge is 0.144 e. The van der Waals surface area contributed by atoms with E-state index in [2.05, 4.69) is 30.8 Å². The molecule has 7 nitrogen and oxygen atoms in total. The molecule has 0 aromatic carbocycles. The Balaban J connectivity index is 2.11. The maximum Gasteiger partial charge on any atom is 0.144 e. The molecule has 0 saturated heterocycles. The minimum absolute atomic E-state index is 0.177. The van der Waals surface area contributed by atoms with Crippen molar-refractivity contribution >= 4 is 5.78 Å². The molecular weight excluding hydrogens is 256 g/mol. The lowest BCUT2D eigenvalue weighted by Crippen LogP contribution is -2.39. The number of nitrogens with one attached hydrogen (secondary N) is 2. The summed E-state index contributed by atoms with van der Waals surface area (Å²) in [6, 6.07) is 0. The SMILES string of the molecule is CC(C)(Cc1c[nH]nn1)C(=O)C(C)(C)Cc1c[nH]nn1. The Morgan fingerprint density at radius 2 is 1.35 bits per heavy atom. The lowest BCUT2D eigenvalue weighted by atomic mass is 9.69. The fourth-order valence-electron chi connectivity index (χ4n) is 2.61. The third-order valence-electron chi connectivity index (χ3n) is 3.41. The summed E-state index contributed by atoms with van der Waals surface area (Å²) in [5.41, 5.74) is 0.565. The van der Waals surface area contributed by atoms with Gasteiger partial charge in [-0.15, -0.1) is 10.2 Å². The van der Waals surface area contributed by atoms with Gasteiger partial charge in [0, 0.05) is 36.1 Å². The molecule has 2 aromatic heterocycles. The standard InChI is InChI=1S/C13H20N6O/c1-12(2,5-9-7-14-18-16-9)11(20)13(3,4)6-10-8-15-19-17-10/h7-8H,5-6H2,1-4H3,(H,14,16,18)(H,15,17,19). The number of rotatable bonds is 6. The van der Waals surface area contributed by atoms with Crippen LogP contribution in [-0.2, 0) is 17.6 Å². The van der Waals surface area contributed by atoms with Crippen LogP contribution in [0, 0.1) is 10.8 Å². The van der Waals surface area contributed by atoms with Crippen molar-refractivity contribution < 1.29 is 4.79 Å². The zero-order chi connectivity index (χ0) is 14.8. The van der Waals surface area contributed by atoms with Crippen molar-refractivity contribution in [3.8, 4) is 0 Å². The van der Waals surface area contributed by atoms with E-state index in [-0.39, 0.29) is 5.78 Å². The molecule has 0 saturated carbocycles. The Kier molecular flexibility index (Phi) is 3.69. The number of Topliss-reactive ketones (excluding diaryl/α,β-unsaturated/α-hetero) is 1. The maximum atomic E-state index is 12.8. The molecule has 2 rings (SSSR count). The van der Waals surface area contributed by atoms with Gasteiger partial charge in [-0.1, -0.05) is 38.1 Å². The van der Waals surface area contributed by atoms with Gasteiger partial charge >= 0.3 is 0 Å². The van der Waals surface area contributed by atoms with Gasteiger partial charge in [0.2, 0.25) is 0 Å². The summed E-state index contributed by atoms with van der Waals surface area (Å²) in [7, 11) is 0. The Morgan fingerprint density at radius 1 is 0.950 bits per heavy atom. The highest BCUT2D eigenvalue weighted by Crippen LogP contribution is 2.34. The van der Waals surface area contributed by atoms with E-state index in [1.807, 2.05) is 27.7 Å². The normalized spacial score (nSPS) is 12.6. The number of aromatic amines is 2. The zero-order valence-corrected chi connectivity index (χ0v) is 12.3. The van der Waals surface area contributed by atoms with E-state index in [0.717, 1.165) is 11.4 Å². The number of carbonyl (C=O) groups is 1. The number of carbonyl (C=O) groups excluding carboxylic acids is 1. The Hall–Kier alpha value is -2.05. The lowest BCUT2D eigenvalue weighted by molar-refractivity contribution is -0.135. The van der Waals surface area contributed by atoms with Gasteiger partial charge in [0.05, 0.1) is 11.4 Å². The summed E-state index contributed by atoms with van der Waals surface area (Å²) < 4.78 is 0. The van der Waals surface area contributed by atoms with E-state index in [9.17, 15) is 4.79 Å². The van der Waals surface area contributed by atoms with Crippen molar-refractivity contribution in [1.29, 1.82) is 0 Å². The molecule has 7 heteroatoms. The van der Waals surface area contributed by atoms with Crippen LogP contribution in [0.15, 0.2) is 12.4 Å². The molecule has 0 aliphatic carbocycles. The molecule has 0 unspecified atom stereocenters. The molecule has 0 atom stereocenters. The molecule has 2 N–H and O–H groups in total. The van der Waals surface area contributed by atoms with Gasteiger partial charge in [-0.05, 0) is 0 Å². The van der Waals surface area contributed by atoms with Gasteiger partial charge in [-0.2, -0.15) is 0 Å². The molecule has 108 valence electrons. The number of aromatic nitrogens is 6. The van der Waals surface area contributed by atoms with E-state index >= 15 is 0 Å². The number of hydrogen-bond acceptors (Lipinski definition) is 5. The summed E-state index contributed by atoms with van der Waals surface area (Å²) in [4.78, 5) is 12.8. The molecule has 0 bridgehead atoms. The molecule has 0 aliphatic rings. The van der Waals surface area contributed by atoms with E-state index < -0.39 is 10.8 Å².